The van der Waals surface area contributed by atoms with E-state index in [1.807, 2.05) is 0 Å². The summed E-state index contributed by atoms with van der Waals surface area (Å²) >= 11 is 0. The summed E-state index contributed by atoms with van der Waals surface area (Å²) in [5.41, 5.74) is 0. The predicted molar refractivity (Wildman–Crippen MR) is 83.5 cm³/mol. The van der Waals surface area contributed by atoms with Crippen molar-refractivity contribution < 1.29 is 0 Å². The van der Waals surface area contributed by atoms with E-state index >= 15 is 0 Å². The Balaban J connectivity index is 1.63. The molecule has 2 fully saturated rings. The topological polar surface area (TPSA) is 15.3 Å². The van der Waals surface area contributed by atoms with Gasteiger partial charge in [0.25, 0.3) is 0 Å². The highest BCUT2D eigenvalue weighted by molar-refractivity contribution is 4.83. The molecule has 0 radical (unpaired) electrons. The molecule has 2 heteroatoms. The third-order valence-corrected chi connectivity index (χ3v) is 5.30. The number of nitrogens with zero attached hydrogens (tertiary/aromatic N) is 1. The molecule has 0 aliphatic heterocycles. The summed E-state index contributed by atoms with van der Waals surface area (Å²) in [6, 6.07) is 0.813. The van der Waals surface area contributed by atoms with E-state index in [1.165, 1.54) is 70.9 Å². The molecule has 2 saturated carbocycles. The molecule has 2 unspecified atom stereocenters. The molecule has 0 saturated heterocycles. The molecule has 0 aromatic heterocycles. The van der Waals surface area contributed by atoms with Crippen LogP contribution in [0.1, 0.15) is 64.7 Å². The van der Waals surface area contributed by atoms with Crippen molar-refractivity contribution in [3.63, 3.8) is 0 Å². The second kappa shape index (κ2) is 8.26. The monoisotopic (exact) mass is 266 g/mol. The van der Waals surface area contributed by atoms with Crippen molar-refractivity contribution >= 4 is 0 Å². The largest absolute Gasteiger partial charge is 0.314 e. The molecular formula is C17H34N2. The number of hydrogen-bond acceptors (Lipinski definition) is 2. The van der Waals surface area contributed by atoms with Crippen molar-refractivity contribution in [3.05, 3.63) is 0 Å². The maximum absolute atomic E-state index is 3.68. The van der Waals surface area contributed by atoms with Crippen LogP contribution in [0.3, 0.4) is 0 Å². The number of rotatable bonds is 7. The fourth-order valence-electron chi connectivity index (χ4n) is 4.20. The lowest BCUT2D eigenvalue weighted by molar-refractivity contribution is 0.216. The quantitative estimate of drug-likeness (QED) is 0.756. The maximum atomic E-state index is 3.68. The van der Waals surface area contributed by atoms with E-state index in [9.17, 15) is 0 Å². The van der Waals surface area contributed by atoms with E-state index in [-0.39, 0.29) is 0 Å². The fourth-order valence-corrected chi connectivity index (χ4v) is 4.20. The molecular weight excluding hydrogens is 232 g/mol. The van der Waals surface area contributed by atoms with Gasteiger partial charge in [-0.1, -0.05) is 32.6 Å². The Bertz CT molecular complexity index is 235. The Labute approximate surface area is 120 Å². The van der Waals surface area contributed by atoms with Crippen LogP contribution in [0.5, 0.6) is 0 Å². The van der Waals surface area contributed by atoms with E-state index in [0.29, 0.717) is 0 Å². The molecule has 0 aromatic rings. The van der Waals surface area contributed by atoms with Crippen molar-refractivity contribution in [3.8, 4) is 0 Å². The van der Waals surface area contributed by atoms with Crippen LogP contribution >= 0.6 is 0 Å². The number of nitrogens with one attached hydrogen (secondary N) is 1. The third kappa shape index (κ3) is 5.07. The van der Waals surface area contributed by atoms with Gasteiger partial charge in [0.05, 0.1) is 0 Å². The Hall–Kier alpha value is -0.0800. The molecule has 0 bridgehead atoms. The van der Waals surface area contributed by atoms with Gasteiger partial charge in [0.15, 0.2) is 0 Å². The summed E-state index contributed by atoms with van der Waals surface area (Å²) in [5, 5.41) is 3.68. The molecule has 0 spiro atoms. The van der Waals surface area contributed by atoms with Gasteiger partial charge in [-0.2, -0.15) is 0 Å². The lowest BCUT2D eigenvalue weighted by Gasteiger charge is -2.28. The van der Waals surface area contributed by atoms with Gasteiger partial charge in [0, 0.05) is 12.6 Å². The van der Waals surface area contributed by atoms with Crippen molar-refractivity contribution in [1.29, 1.82) is 0 Å². The Morgan fingerprint density at radius 1 is 1.00 bits per heavy atom. The lowest BCUT2D eigenvalue weighted by Crippen LogP contribution is -2.35. The second-order valence-corrected chi connectivity index (χ2v) is 6.91. The van der Waals surface area contributed by atoms with Gasteiger partial charge in [0.2, 0.25) is 0 Å². The van der Waals surface area contributed by atoms with Crippen LogP contribution in [0, 0.1) is 11.8 Å². The van der Waals surface area contributed by atoms with Gasteiger partial charge in [-0.15, -0.1) is 0 Å². The molecule has 2 aliphatic rings. The van der Waals surface area contributed by atoms with Gasteiger partial charge in [-0.05, 0) is 64.1 Å². The molecule has 2 atom stereocenters. The van der Waals surface area contributed by atoms with Crippen LogP contribution in [0.15, 0.2) is 0 Å². The molecule has 112 valence electrons. The zero-order chi connectivity index (χ0) is 13.5. The van der Waals surface area contributed by atoms with Crippen LogP contribution in [0.25, 0.3) is 0 Å². The Morgan fingerprint density at radius 2 is 1.79 bits per heavy atom. The highest BCUT2D eigenvalue weighted by Gasteiger charge is 2.26. The van der Waals surface area contributed by atoms with Crippen molar-refractivity contribution in [2.24, 2.45) is 11.8 Å². The molecule has 0 aromatic carbocycles. The smallest absolute Gasteiger partial charge is 0.00956 e. The van der Waals surface area contributed by atoms with Crippen molar-refractivity contribution in [2.45, 2.75) is 70.8 Å². The minimum absolute atomic E-state index is 0.813. The van der Waals surface area contributed by atoms with Crippen LogP contribution < -0.4 is 5.32 Å². The van der Waals surface area contributed by atoms with Crippen molar-refractivity contribution in [1.82, 2.24) is 10.2 Å². The van der Waals surface area contributed by atoms with E-state index in [1.54, 1.807) is 0 Å². The van der Waals surface area contributed by atoms with Gasteiger partial charge >= 0.3 is 0 Å². The summed E-state index contributed by atoms with van der Waals surface area (Å²) in [7, 11) is 2.34. The SMILES string of the molecule is CCNC1CCCC1CCN(C)CC1CCCCC1. The molecule has 19 heavy (non-hydrogen) atoms. The predicted octanol–water partition coefficient (Wildman–Crippen LogP) is 3.67. The first-order valence-electron chi connectivity index (χ1n) is 8.71. The fraction of sp³-hybridized carbons (Fsp3) is 1.00. The minimum atomic E-state index is 0.813. The van der Waals surface area contributed by atoms with Gasteiger partial charge in [-0.25, -0.2) is 0 Å². The molecule has 2 aliphatic carbocycles. The average molecular weight is 266 g/mol. The first-order valence-corrected chi connectivity index (χ1v) is 8.71. The van der Waals surface area contributed by atoms with Crippen LogP contribution in [0.2, 0.25) is 0 Å². The van der Waals surface area contributed by atoms with Gasteiger partial charge in [0.1, 0.15) is 0 Å². The highest BCUT2D eigenvalue weighted by atomic mass is 15.1. The van der Waals surface area contributed by atoms with E-state index in [4.69, 9.17) is 0 Å². The molecule has 2 rings (SSSR count). The summed E-state index contributed by atoms with van der Waals surface area (Å²) < 4.78 is 0. The normalized spacial score (nSPS) is 29.2. The minimum Gasteiger partial charge on any atom is -0.314 e. The second-order valence-electron chi connectivity index (χ2n) is 6.91. The summed E-state index contributed by atoms with van der Waals surface area (Å²) in [6.07, 6.45) is 13.1. The summed E-state index contributed by atoms with van der Waals surface area (Å²) in [6.45, 7) is 6.03. The van der Waals surface area contributed by atoms with Crippen LogP contribution in [-0.4, -0.2) is 37.6 Å². The van der Waals surface area contributed by atoms with Gasteiger partial charge < -0.3 is 10.2 Å². The Kier molecular flexibility index (Phi) is 6.66. The standard InChI is InChI=1S/C17H34N2/c1-3-18-17-11-7-10-16(17)12-13-19(2)14-15-8-5-4-6-9-15/h15-18H,3-14H2,1-2H3. The molecule has 2 nitrogen and oxygen atoms in total. The van der Waals surface area contributed by atoms with Crippen LogP contribution in [-0.2, 0) is 0 Å². The van der Waals surface area contributed by atoms with Gasteiger partial charge in [-0.3, -0.25) is 0 Å². The zero-order valence-corrected chi connectivity index (χ0v) is 13.2. The van der Waals surface area contributed by atoms with Crippen molar-refractivity contribution in [2.75, 3.05) is 26.7 Å². The van der Waals surface area contributed by atoms with Crippen LogP contribution in [0.4, 0.5) is 0 Å². The first-order chi connectivity index (χ1) is 9.29. The Morgan fingerprint density at radius 3 is 2.53 bits per heavy atom. The first kappa shape index (κ1) is 15.3. The maximum Gasteiger partial charge on any atom is 0.00956 e. The number of hydrogen-bond donors (Lipinski definition) is 1. The molecule has 0 heterocycles. The average Bonchev–Trinajstić information content (AvgIpc) is 2.85. The van der Waals surface area contributed by atoms with E-state index in [0.717, 1.165) is 24.4 Å². The zero-order valence-electron chi connectivity index (χ0n) is 13.2. The van der Waals surface area contributed by atoms with E-state index < -0.39 is 0 Å². The summed E-state index contributed by atoms with van der Waals surface area (Å²) in [5.74, 6) is 1.93. The molecule has 1 N–H and O–H groups in total. The highest BCUT2D eigenvalue weighted by Crippen LogP contribution is 2.29. The molecule has 0 amide bonds. The van der Waals surface area contributed by atoms with E-state index in [2.05, 4.69) is 24.2 Å². The summed E-state index contributed by atoms with van der Waals surface area (Å²) in [4.78, 5) is 2.61. The lowest BCUT2D eigenvalue weighted by atomic mass is 9.89. The third-order valence-electron chi connectivity index (χ3n) is 5.30.